The fraction of sp³-hybridized carbons (Fsp3) is 0.333. The van der Waals surface area contributed by atoms with Crippen molar-refractivity contribution in [1.29, 1.82) is 0 Å². The van der Waals surface area contributed by atoms with Crippen LogP contribution >= 0.6 is 0 Å². The van der Waals surface area contributed by atoms with Gasteiger partial charge in [0.05, 0.1) is 19.3 Å². The molecule has 22 heavy (non-hydrogen) atoms. The van der Waals surface area contributed by atoms with Crippen LogP contribution in [0.25, 0.3) is 0 Å². The van der Waals surface area contributed by atoms with Crippen molar-refractivity contribution in [3.8, 4) is 0 Å². The van der Waals surface area contributed by atoms with Gasteiger partial charge >= 0.3 is 0 Å². The van der Waals surface area contributed by atoms with E-state index in [0.29, 0.717) is 19.6 Å². The summed E-state index contributed by atoms with van der Waals surface area (Å²) in [6.07, 6.45) is -0.503. The van der Waals surface area contributed by atoms with Crippen molar-refractivity contribution >= 4 is 11.4 Å². The first kappa shape index (κ1) is 16.5. The Kier molecular flexibility index (Phi) is 6.40. The number of hydrogen-bond acceptors (Lipinski definition) is 4. The molecule has 2 aromatic carbocycles. The summed E-state index contributed by atoms with van der Waals surface area (Å²) in [7, 11) is 1.90. The second-order valence-electron chi connectivity index (χ2n) is 5.42. The second-order valence-corrected chi connectivity index (χ2v) is 5.42. The first-order valence-electron chi connectivity index (χ1n) is 7.56. The molecule has 2 aromatic rings. The Hall–Kier alpha value is -1.88. The smallest absolute Gasteiger partial charge is 0.0845 e. The molecule has 0 amide bonds. The van der Waals surface area contributed by atoms with Crippen LogP contribution in [0.4, 0.5) is 11.4 Å². The lowest BCUT2D eigenvalue weighted by Crippen LogP contribution is -2.38. The van der Waals surface area contributed by atoms with Crippen molar-refractivity contribution in [2.75, 3.05) is 38.2 Å². The van der Waals surface area contributed by atoms with Crippen molar-refractivity contribution in [2.24, 2.45) is 0 Å². The number of aliphatic hydroxyl groups excluding tert-OH is 2. The summed E-state index contributed by atoms with van der Waals surface area (Å²) >= 11 is 0. The Balaban J connectivity index is 2.12. The van der Waals surface area contributed by atoms with Crippen molar-refractivity contribution in [3.63, 3.8) is 0 Å². The Morgan fingerprint density at radius 1 is 0.864 bits per heavy atom. The zero-order valence-corrected chi connectivity index (χ0v) is 13.0. The molecule has 0 unspecified atom stereocenters. The summed E-state index contributed by atoms with van der Waals surface area (Å²) in [4.78, 5) is 4.04. The van der Waals surface area contributed by atoms with E-state index in [4.69, 9.17) is 5.11 Å². The molecule has 0 aliphatic carbocycles. The predicted octanol–water partition coefficient (Wildman–Crippen LogP) is 2.11. The molecule has 1 atom stereocenters. The molecule has 4 nitrogen and oxygen atoms in total. The number of likely N-dealkylation sites (N-methyl/N-ethyl adjacent to an activating group) is 1. The van der Waals surface area contributed by atoms with Crippen LogP contribution in [0.1, 0.15) is 0 Å². The largest absolute Gasteiger partial charge is 0.395 e. The molecule has 0 fully saturated rings. The lowest BCUT2D eigenvalue weighted by atomic mass is 10.2. The van der Waals surface area contributed by atoms with Gasteiger partial charge in [0.25, 0.3) is 0 Å². The second kappa shape index (κ2) is 8.54. The lowest BCUT2D eigenvalue weighted by Gasteiger charge is -2.29. The zero-order valence-electron chi connectivity index (χ0n) is 13.0. The summed E-state index contributed by atoms with van der Waals surface area (Å²) in [5.41, 5.74) is 2.11. The molecule has 0 saturated heterocycles. The van der Waals surface area contributed by atoms with E-state index in [0.717, 1.165) is 11.4 Å². The van der Waals surface area contributed by atoms with Gasteiger partial charge in [-0.25, -0.2) is 0 Å². The standard InChI is InChI=1S/C18H24N2O2/c1-19(12-13-21)14-18(22)15-20(16-8-4-2-5-9-16)17-10-6-3-7-11-17/h2-11,18,21-22H,12-15H2,1H3/t18-/m0/s1. The molecule has 0 aliphatic heterocycles. The van der Waals surface area contributed by atoms with Crippen molar-refractivity contribution in [1.82, 2.24) is 4.90 Å². The Labute approximate surface area is 132 Å². The molecule has 2 N–H and O–H groups in total. The van der Waals surface area contributed by atoms with Gasteiger partial charge in [0.1, 0.15) is 0 Å². The quantitative estimate of drug-likeness (QED) is 0.784. The minimum atomic E-state index is -0.503. The average molecular weight is 300 g/mol. The third-order valence-corrected chi connectivity index (χ3v) is 3.53. The van der Waals surface area contributed by atoms with Crippen LogP contribution in [0.5, 0.6) is 0 Å². The highest BCUT2D eigenvalue weighted by molar-refractivity contribution is 5.63. The maximum absolute atomic E-state index is 10.4. The van der Waals surface area contributed by atoms with Gasteiger partial charge in [-0.1, -0.05) is 36.4 Å². The summed E-state index contributed by atoms with van der Waals surface area (Å²) < 4.78 is 0. The van der Waals surface area contributed by atoms with Crippen molar-refractivity contribution in [2.45, 2.75) is 6.10 Å². The number of benzene rings is 2. The maximum atomic E-state index is 10.4. The Morgan fingerprint density at radius 2 is 1.36 bits per heavy atom. The van der Waals surface area contributed by atoms with Crippen molar-refractivity contribution in [3.05, 3.63) is 60.7 Å². The van der Waals surface area contributed by atoms with Crippen LogP contribution in [-0.4, -0.2) is 54.5 Å². The van der Waals surface area contributed by atoms with E-state index < -0.39 is 6.10 Å². The normalized spacial score (nSPS) is 12.4. The zero-order chi connectivity index (χ0) is 15.8. The fourth-order valence-electron chi connectivity index (χ4n) is 2.47. The molecule has 0 bridgehead atoms. The van der Waals surface area contributed by atoms with Gasteiger partial charge in [-0.2, -0.15) is 0 Å². The lowest BCUT2D eigenvalue weighted by molar-refractivity contribution is 0.120. The van der Waals surface area contributed by atoms with Gasteiger partial charge in [0.2, 0.25) is 0 Å². The molecule has 4 heteroatoms. The Morgan fingerprint density at radius 3 is 1.82 bits per heavy atom. The van der Waals surface area contributed by atoms with Crippen LogP contribution < -0.4 is 4.90 Å². The van der Waals surface area contributed by atoms with Crippen LogP contribution in [0.15, 0.2) is 60.7 Å². The van der Waals surface area contributed by atoms with Crippen LogP contribution in [-0.2, 0) is 0 Å². The molecule has 0 aromatic heterocycles. The predicted molar refractivity (Wildman–Crippen MR) is 90.5 cm³/mol. The number of para-hydroxylation sites is 2. The molecule has 0 spiro atoms. The van der Waals surface area contributed by atoms with E-state index in [1.165, 1.54) is 0 Å². The SMILES string of the molecule is CN(CCO)C[C@H](O)CN(c1ccccc1)c1ccccc1. The highest BCUT2D eigenvalue weighted by atomic mass is 16.3. The highest BCUT2D eigenvalue weighted by Crippen LogP contribution is 2.24. The average Bonchev–Trinajstić information content (AvgIpc) is 2.54. The summed E-state index contributed by atoms with van der Waals surface area (Å²) in [5, 5.41) is 19.3. The Bertz CT molecular complexity index is 494. The van der Waals surface area contributed by atoms with Crippen LogP contribution in [0, 0.1) is 0 Å². The molecule has 2 rings (SSSR count). The third kappa shape index (κ3) is 4.84. The maximum Gasteiger partial charge on any atom is 0.0845 e. The van der Waals surface area contributed by atoms with E-state index in [1.807, 2.05) is 72.6 Å². The first-order chi connectivity index (χ1) is 10.7. The van der Waals surface area contributed by atoms with Crippen LogP contribution in [0.2, 0.25) is 0 Å². The molecular formula is C18H24N2O2. The highest BCUT2D eigenvalue weighted by Gasteiger charge is 2.15. The summed E-state index contributed by atoms with van der Waals surface area (Å²) in [6.45, 7) is 1.69. The molecule has 0 heterocycles. The number of anilines is 2. The van der Waals surface area contributed by atoms with Gasteiger partial charge in [-0.15, -0.1) is 0 Å². The van der Waals surface area contributed by atoms with Crippen LogP contribution in [0.3, 0.4) is 0 Å². The van der Waals surface area contributed by atoms with E-state index >= 15 is 0 Å². The fourth-order valence-corrected chi connectivity index (χ4v) is 2.47. The number of rotatable bonds is 8. The minimum Gasteiger partial charge on any atom is -0.395 e. The van der Waals surface area contributed by atoms with E-state index in [2.05, 4.69) is 4.90 Å². The molecule has 0 aliphatic rings. The van der Waals surface area contributed by atoms with E-state index in [-0.39, 0.29) is 6.61 Å². The monoisotopic (exact) mass is 300 g/mol. The molecule has 0 saturated carbocycles. The molecule has 118 valence electrons. The number of nitrogens with zero attached hydrogens (tertiary/aromatic N) is 2. The third-order valence-electron chi connectivity index (χ3n) is 3.53. The summed E-state index contributed by atoms with van der Waals surface area (Å²) in [6, 6.07) is 20.1. The minimum absolute atomic E-state index is 0.101. The van der Waals surface area contributed by atoms with Gasteiger partial charge in [0.15, 0.2) is 0 Å². The molecule has 0 radical (unpaired) electrons. The van der Waals surface area contributed by atoms with Crippen molar-refractivity contribution < 1.29 is 10.2 Å². The summed E-state index contributed by atoms with van der Waals surface area (Å²) in [5.74, 6) is 0. The first-order valence-corrected chi connectivity index (χ1v) is 7.56. The van der Waals surface area contributed by atoms with E-state index in [9.17, 15) is 5.11 Å². The van der Waals surface area contributed by atoms with Gasteiger partial charge < -0.3 is 20.0 Å². The van der Waals surface area contributed by atoms with Gasteiger partial charge in [0, 0.05) is 24.5 Å². The molecular weight excluding hydrogens is 276 g/mol. The van der Waals surface area contributed by atoms with E-state index in [1.54, 1.807) is 0 Å². The van der Waals surface area contributed by atoms with Gasteiger partial charge in [-0.3, -0.25) is 0 Å². The van der Waals surface area contributed by atoms with Gasteiger partial charge in [-0.05, 0) is 31.3 Å². The topological polar surface area (TPSA) is 46.9 Å². The number of aliphatic hydroxyl groups is 2. The number of hydrogen-bond donors (Lipinski definition) is 2.